The van der Waals surface area contributed by atoms with Crippen LogP contribution in [0.5, 0.6) is 11.5 Å². The van der Waals surface area contributed by atoms with Crippen LogP contribution in [0.25, 0.3) is 22.0 Å². The summed E-state index contributed by atoms with van der Waals surface area (Å²) in [7, 11) is 1.41. The van der Waals surface area contributed by atoms with Crippen LogP contribution in [0.1, 0.15) is 24.9 Å². The van der Waals surface area contributed by atoms with Crippen LogP contribution in [0.3, 0.4) is 0 Å². The molecule has 0 aliphatic rings. The molecule has 7 heteroatoms. The second kappa shape index (κ2) is 9.32. The molecule has 0 spiro atoms. The fraction of sp³-hybridized carbons (Fsp3) is 0.192. The largest absolute Gasteiger partial charge is 0.496 e. The van der Waals surface area contributed by atoms with Gasteiger partial charge in [0.25, 0.3) is 0 Å². The van der Waals surface area contributed by atoms with E-state index in [4.69, 9.17) is 14.6 Å². The van der Waals surface area contributed by atoms with Gasteiger partial charge >= 0.3 is 5.97 Å². The van der Waals surface area contributed by atoms with Crippen molar-refractivity contribution in [3.63, 3.8) is 0 Å². The van der Waals surface area contributed by atoms with Crippen LogP contribution < -0.4 is 9.47 Å². The topological polar surface area (TPSA) is 60.7 Å². The Balaban J connectivity index is 1.50. The molecule has 0 aliphatic heterocycles. The molecule has 33 heavy (non-hydrogen) atoms. The quantitative estimate of drug-likeness (QED) is 0.346. The lowest BCUT2D eigenvalue weighted by Gasteiger charge is -2.14. The van der Waals surface area contributed by atoms with E-state index in [9.17, 15) is 13.6 Å². The van der Waals surface area contributed by atoms with Gasteiger partial charge in [-0.3, -0.25) is 4.79 Å². The molecule has 3 aromatic carbocycles. The lowest BCUT2D eigenvalue weighted by molar-refractivity contribution is -0.137. The molecule has 1 aromatic heterocycles. The number of nitrogens with zero attached hydrogens (tertiary/aromatic N) is 1. The van der Waals surface area contributed by atoms with Crippen molar-refractivity contribution in [2.75, 3.05) is 7.11 Å². The Morgan fingerprint density at radius 2 is 1.76 bits per heavy atom. The number of aromatic nitrogens is 1. The number of methoxy groups -OCH3 is 1. The number of carboxylic acid groups (broad SMARTS) is 1. The number of benzene rings is 3. The minimum atomic E-state index is -0.962. The number of hydrogen-bond acceptors (Lipinski definition) is 3. The first-order chi connectivity index (χ1) is 15.9. The summed E-state index contributed by atoms with van der Waals surface area (Å²) in [5.74, 6) is -1.88. The van der Waals surface area contributed by atoms with Gasteiger partial charge in [0, 0.05) is 29.4 Å². The normalized spacial score (nSPS) is 12.0. The molecular weight excluding hydrogens is 428 g/mol. The van der Waals surface area contributed by atoms with Crippen LogP contribution in [-0.4, -0.2) is 22.8 Å². The molecule has 4 rings (SSSR count). The summed E-state index contributed by atoms with van der Waals surface area (Å²) in [6, 6.07) is 16.9. The molecule has 0 bridgehead atoms. The van der Waals surface area contributed by atoms with Gasteiger partial charge < -0.3 is 19.1 Å². The van der Waals surface area contributed by atoms with E-state index in [1.54, 1.807) is 24.3 Å². The minimum Gasteiger partial charge on any atom is -0.496 e. The molecule has 1 heterocycles. The summed E-state index contributed by atoms with van der Waals surface area (Å²) >= 11 is 0. The van der Waals surface area contributed by atoms with Crippen LogP contribution >= 0.6 is 0 Å². The van der Waals surface area contributed by atoms with E-state index in [1.165, 1.54) is 7.11 Å². The highest BCUT2D eigenvalue weighted by molar-refractivity contribution is 5.81. The number of aliphatic carboxylic acids is 1. The first-order valence-electron chi connectivity index (χ1n) is 10.4. The number of carbonyl (C=O) groups is 1. The Morgan fingerprint density at radius 1 is 1.03 bits per heavy atom. The van der Waals surface area contributed by atoms with E-state index in [0.29, 0.717) is 23.5 Å². The second-order valence-corrected chi connectivity index (χ2v) is 7.84. The maximum atomic E-state index is 13.7. The summed E-state index contributed by atoms with van der Waals surface area (Å²) in [4.78, 5) is 11.1. The standard InChI is InChI=1S/C26H23F2NO4/c1-16(11-26(30)31)29-10-9-19-4-3-17(12-24(19)29)15-33-20-7-5-18(6-8-20)21-13-22(27)23(28)14-25(21)32-2/h3-10,12-14,16H,11,15H2,1-2H3,(H,30,31). The summed E-state index contributed by atoms with van der Waals surface area (Å²) in [6.45, 7) is 2.20. The Hall–Kier alpha value is -3.87. The highest BCUT2D eigenvalue weighted by Gasteiger charge is 2.14. The van der Waals surface area contributed by atoms with E-state index in [1.807, 2.05) is 42.0 Å². The van der Waals surface area contributed by atoms with Crippen molar-refractivity contribution in [3.8, 4) is 22.6 Å². The minimum absolute atomic E-state index is 0.0413. The third-order valence-corrected chi connectivity index (χ3v) is 5.55. The van der Waals surface area contributed by atoms with Gasteiger partial charge in [-0.15, -0.1) is 0 Å². The number of ether oxygens (including phenoxy) is 2. The Kier molecular flexibility index (Phi) is 6.31. The summed E-state index contributed by atoms with van der Waals surface area (Å²) < 4.78 is 40.2. The number of halogens is 2. The molecule has 5 nitrogen and oxygen atoms in total. The molecule has 0 aliphatic carbocycles. The SMILES string of the molecule is COc1cc(F)c(F)cc1-c1ccc(OCc2ccc3ccn(C(C)CC(=O)O)c3c2)cc1. The molecule has 0 radical (unpaired) electrons. The zero-order chi connectivity index (χ0) is 23.5. The summed E-state index contributed by atoms with van der Waals surface area (Å²) in [5, 5.41) is 10.1. The van der Waals surface area contributed by atoms with Crippen LogP contribution in [0, 0.1) is 11.6 Å². The monoisotopic (exact) mass is 451 g/mol. The van der Waals surface area contributed by atoms with E-state index in [-0.39, 0.29) is 18.2 Å². The van der Waals surface area contributed by atoms with Crippen molar-refractivity contribution >= 4 is 16.9 Å². The zero-order valence-electron chi connectivity index (χ0n) is 18.2. The van der Waals surface area contributed by atoms with E-state index in [2.05, 4.69) is 0 Å². The average Bonchev–Trinajstić information content (AvgIpc) is 3.22. The molecule has 0 fully saturated rings. The molecule has 170 valence electrons. The molecule has 1 unspecified atom stereocenters. The van der Waals surface area contributed by atoms with Crippen molar-refractivity contribution in [1.29, 1.82) is 0 Å². The fourth-order valence-electron chi connectivity index (χ4n) is 3.84. The predicted octanol–water partition coefficient (Wildman–Crippen LogP) is 6.21. The summed E-state index contributed by atoms with van der Waals surface area (Å²) in [5.41, 5.74) is 3.01. The van der Waals surface area contributed by atoms with Crippen LogP contribution in [0.2, 0.25) is 0 Å². The lowest BCUT2D eigenvalue weighted by Crippen LogP contribution is -2.09. The van der Waals surface area contributed by atoms with Gasteiger partial charge in [-0.2, -0.15) is 0 Å². The second-order valence-electron chi connectivity index (χ2n) is 7.84. The third-order valence-electron chi connectivity index (χ3n) is 5.55. The Labute approximate surface area is 189 Å². The smallest absolute Gasteiger partial charge is 0.305 e. The first kappa shape index (κ1) is 22.3. The molecule has 0 saturated heterocycles. The van der Waals surface area contributed by atoms with Crippen LogP contribution in [0.15, 0.2) is 66.9 Å². The molecule has 0 amide bonds. The van der Waals surface area contributed by atoms with Gasteiger partial charge in [0.2, 0.25) is 0 Å². The van der Waals surface area contributed by atoms with Crippen LogP contribution in [0.4, 0.5) is 8.78 Å². The Morgan fingerprint density at radius 3 is 2.45 bits per heavy atom. The van der Waals surface area contributed by atoms with E-state index in [0.717, 1.165) is 28.6 Å². The molecular formula is C26H23F2NO4. The number of rotatable bonds is 8. The van der Waals surface area contributed by atoms with Crippen LogP contribution in [-0.2, 0) is 11.4 Å². The van der Waals surface area contributed by atoms with E-state index < -0.39 is 17.6 Å². The van der Waals surface area contributed by atoms with Gasteiger partial charge in [0.1, 0.15) is 18.1 Å². The van der Waals surface area contributed by atoms with Gasteiger partial charge in [-0.05, 0) is 53.8 Å². The maximum absolute atomic E-state index is 13.7. The average molecular weight is 451 g/mol. The predicted molar refractivity (Wildman–Crippen MR) is 122 cm³/mol. The van der Waals surface area contributed by atoms with Crippen molar-refractivity contribution in [3.05, 3.63) is 84.1 Å². The molecule has 1 atom stereocenters. The van der Waals surface area contributed by atoms with Gasteiger partial charge in [-0.25, -0.2) is 8.78 Å². The van der Waals surface area contributed by atoms with Crippen molar-refractivity contribution in [1.82, 2.24) is 4.57 Å². The molecule has 1 N–H and O–H groups in total. The van der Waals surface area contributed by atoms with Gasteiger partial charge in [0.05, 0.1) is 13.5 Å². The highest BCUT2D eigenvalue weighted by atomic mass is 19.2. The van der Waals surface area contributed by atoms with Gasteiger partial charge in [0.15, 0.2) is 11.6 Å². The van der Waals surface area contributed by atoms with Crippen molar-refractivity contribution < 1.29 is 28.2 Å². The Bertz CT molecular complexity index is 1300. The van der Waals surface area contributed by atoms with Gasteiger partial charge in [-0.1, -0.05) is 24.3 Å². The van der Waals surface area contributed by atoms with Crippen molar-refractivity contribution in [2.24, 2.45) is 0 Å². The third kappa shape index (κ3) is 4.82. The van der Waals surface area contributed by atoms with E-state index >= 15 is 0 Å². The number of hydrogen-bond donors (Lipinski definition) is 1. The number of fused-ring (bicyclic) bond motifs is 1. The summed E-state index contributed by atoms with van der Waals surface area (Å²) in [6.07, 6.45) is 1.94. The molecule has 4 aromatic rings. The van der Waals surface area contributed by atoms with Crippen molar-refractivity contribution in [2.45, 2.75) is 26.0 Å². The fourth-order valence-corrected chi connectivity index (χ4v) is 3.84. The zero-order valence-corrected chi connectivity index (χ0v) is 18.2. The first-order valence-corrected chi connectivity index (χ1v) is 10.4. The lowest BCUT2D eigenvalue weighted by atomic mass is 10.0. The number of carboxylic acids is 1. The molecule has 0 saturated carbocycles. The maximum Gasteiger partial charge on any atom is 0.305 e. The highest BCUT2D eigenvalue weighted by Crippen LogP contribution is 2.33.